The molecule has 0 aromatic heterocycles. The van der Waals surface area contributed by atoms with Gasteiger partial charge < -0.3 is 4.74 Å². The molecule has 4 aromatic carbocycles. The summed E-state index contributed by atoms with van der Waals surface area (Å²) in [7, 11) is 0. The Balaban J connectivity index is 0.000000146. The summed E-state index contributed by atoms with van der Waals surface area (Å²) >= 11 is 0. The summed E-state index contributed by atoms with van der Waals surface area (Å²) in [6.07, 6.45) is 0. The highest BCUT2D eigenvalue weighted by Crippen LogP contribution is 2.19. The van der Waals surface area contributed by atoms with Crippen molar-refractivity contribution in [2.45, 2.75) is 0 Å². The molecule has 0 fully saturated rings. The Hall–Kier alpha value is -3.32. The van der Waals surface area contributed by atoms with Gasteiger partial charge in [-0.2, -0.15) is 0 Å². The van der Waals surface area contributed by atoms with Gasteiger partial charge in [0.2, 0.25) is 0 Å². The quantitative estimate of drug-likeness (QED) is 0.401. The van der Waals surface area contributed by atoms with Crippen molar-refractivity contribution < 1.29 is 4.74 Å². The summed E-state index contributed by atoms with van der Waals surface area (Å²) < 4.78 is 5.58. The van der Waals surface area contributed by atoms with Crippen molar-refractivity contribution in [1.82, 2.24) is 0 Å². The maximum absolute atomic E-state index is 5.58. The van der Waals surface area contributed by atoms with Crippen LogP contribution in [0.2, 0.25) is 0 Å². The number of para-hydroxylation sites is 2. The van der Waals surface area contributed by atoms with Gasteiger partial charge in [0.15, 0.2) is 0 Å². The van der Waals surface area contributed by atoms with Crippen molar-refractivity contribution in [3.05, 3.63) is 121 Å². The first kappa shape index (κ1) is 16.5. The van der Waals surface area contributed by atoms with Gasteiger partial charge in [0.1, 0.15) is 11.5 Å². The van der Waals surface area contributed by atoms with E-state index in [2.05, 4.69) is 48.5 Å². The normalized spacial score (nSPS) is 9.60. The number of rotatable bonds is 3. The van der Waals surface area contributed by atoms with E-state index < -0.39 is 0 Å². The Morgan fingerprint density at radius 1 is 0.320 bits per heavy atom. The van der Waals surface area contributed by atoms with E-state index in [1.807, 2.05) is 72.8 Å². The third-order valence-electron chi connectivity index (χ3n) is 3.60. The summed E-state index contributed by atoms with van der Waals surface area (Å²) in [5.74, 6) is 1.74. The highest BCUT2D eigenvalue weighted by Gasteiger charge is 1.93. The van der Waals surface area contributed by atoms with Crippen LogP contribution in [0.1, 0.15) is 0 Å². The van der Waals surface area contributed by atoms with Gasteiger partial charge in [-0.05, 0) is 35.4 Å². The van der Waals surface area contributed by atoms with Crippen molar-refractivity contribution in [3.63, 3.8) is 0 Å². The maximum atomic E-state index is 5.58. The van der Waals surface area contributed by atoms with Crippen LogP contribution in [0.3, 0.4) is 0 Å². The predicted octanol–water partition coefficient (Wildman–Crippen LogP) is 6.83. The fraction of sp³-hybridized carbons (Fsp3) is 0. The number of ether oxygens (including phenoxy) is 1. The predicted molar refractivity (Wildman–Crippen MR) is 105 cm³/mol. The lowest BCUT2D eigenvalue weighted by molar-refractivity contribution is 0.482. The van der Waals surface area contributed by atoms with Crippen LogP contribution in [-0.2, 0) is 0 Å². The Morgan fingerprint density at radius 3 is 0.920 bits per heavy atom. The van der Waals surface area contributed by atoms with Crippen molar-refractivity contribution in [2.75, 3.05) is 0 Å². The zero-order valence-electron chi connectivity index (χ0n) is 14.0. The summed E-state index contributed by atoms with van der Waals surface area (Å²) in [6.45, 7) is 0. The first-order valence-electron chi connectivity index (χ1n) is 8.30. The number of hydrogen-bond donors (Lipinski definition) is 0. The molecule has 0 spiro atoms. The standard InChI is InChI=1S/C12H10O.C12H10/c1-3-7-11(8-4-1)13-12-9-5-2-6-10-12;1-3-7-11(8-4-1)12-9-5-2-6-10-12/h1-10H;1-10H. The van der Waals surface area contributed by atoms with Crippen LogP contribution in [0.15, 0.2) is 121 Å². The molecule has 0 aliphatic carbocycles. The Morgan fingerprint density at radius 2 is 0.600 bits per heavy atom. The van der Waals surface area contributed by atoms with Crippen molar-refractivity contribution in [1.29, 1.82) is 0 Å². The van der Waals surface area contributed by atoms with Crippen molar-refractivity contribution in [2.24, 2.45) is 0 Å². The lowest BCUT2D eigenvalue weighted by atomic mass is 10.1. The first-order valence-corrected chi connectivity index (χ1v) is 8.30. The molecule has 0 atom stereocenters. The van der Waals surface area contributed by atoms with E-state index in [0.717, 1.165) is 11.5 Å². The van der Waals surface area contributed by atoms with E-state index in [9.17, 15) is 0 Å². The molecule has 0 unspecified atom stereocenters. The van der Waals surface area contributed by atoms with Crippen LogP contribution in [0.4, 0.5) is 0 Å². The second kappa shape index (κ2) is 9.09. The molecule has 0 bridgehead atoms. The molecule has 0 heterocycles. The molecule has 0 aliphatic rings. The average molecular weight is 324 g/mol. The largest absolute Gasteiger partial charge is 0.457 e. The Labute approximate surface area is 149 Å². The van der Waals surface area contributed by atoms with Crippen molar-refractivity contribution >= 4 is 0 Å². The molecule has 1 heteroatoms. The summed E-state index contributed by atoms with van der Waals surface area (Å²) in [4.78, 5) is 0. The van der Waals surface area contributed by atoms with Gasteiger partial charge >= 0.3 is 0 Å². The highest BCUT2D eigenvalue weighted by atomic mass is 16.5. The second-order valence-corrected chi connectivity index (χ2v) is 5.46. The topological polar surface area (TPSA) is 9.23 Å². The van der Waals surface area contributed by atoms with E-state index in [4.69, 9.17) is 4.74 Å². The minimum absolute atomic E-state index is 0.869. The van der Waals surface area contributed by atoms with Gasteiger partial charge in [-0.15, -0.1) is 0 Å². The molecule has 0 aliphatic heterocycles. The highest BCUT2D eigenvalue weighted by molar-refractivity contribution is 5.62. The summed E-state index contributed by atoms with van der Waals surface area (Å²) in [5, 5.41) is 0. The van der Waals surface area contributed by atoms with Gasteiger partial charge in [-0.1, -0.05) is 97.1 Å². The fourth-order valence-corrected chi connectivity index (χ4v) is 2.37. The lowest BCUT2D eigenvalue weighted by Gasteiger charge is -2.03. The van der Waals surface area contributed by atoms with Crippen LogP contribution >= 0.6 is 0 Å². The maximum Gasteiger partial charge on any atom is 0.127 e. The number of benzene rings is 4. The molecule has 1 nitrogen and oxygen atoms in total. The monoisotopic (exact) mass is 324 g/mol. The summed E-state index contributed by atoms with van der Waals surface area (Å²) in [5.41, 5.74) is 2.55. The van der Waals surface area contributed by atoms with Gasteiger partial charge in [0.05, 0.1) is 0 Å². The van der Waals surface area contributed by atoms with E-state index in [0.29, 0.717) is 0 Å². The van der Waals surface area contributed by atoms with Gasteiger partial charge in [-0.3, -0.25) is 0 Å². The molecule has 4 aromatic rings. The Bertz CT molecular complexity index is 766. The average Bonchev–Trinajstić information content (AvgIpc) is 2.71. The molecule has 0 saturated carbocycles. The van der Waals surface area contributed by atoms with Gasteiger partial charge in [0, 0.05) is 0 Å². The minimum atomic E-state index is 0.869. The molecule has 0 saturated heterocycles. The molecule has 0 radical (unpaired) electrons. The Kier molecular flexibility index (Phi) is 6.01. The molecule has 122 valence electrons. The molecular formula is C24H20O. The van der Waals surface area contributed by atoms with E-state index >= 15 is 0 Å². The van der Waals surface area contributed by atoms with Crippen LogP contribution in [0.25, 0.3) is 11.1 Å². The lowest BCUT2D eigenvalue weighted by Crippen LogP contribution is -1.81. The molecule has 25 heavy (non-hydrogen) atoms. The van der Waals surface area contributed by atoms with Crippen LogP contribution in [0.5, 0.6) is 11.5 Å². The van der Waals surface area contributed by atoms with E-state index in [1.165, 1.54) is 11.1 Å². The third-order valence-corrected chi connectivity index (χ3v) is 3.60. The smallest absolute Gasteiger partial charge is 0.127 e. The minimum Gasteiger partial charge on any atom is -0.457 e. The SMILES string of the molecule is c1ccc(-c2ccccc2)cc1.c1ccc(Oc2ccccc2)cc1. The molecule has 0 amide bonds. The summed E-state index contributed by atoms with van der Waals surface area (Å²) in [6, 6.07) is 40.3. The van der Waals surface area contributed by atoms with Gasteiger partial charge in [-0.25, -0.2) is 0 Å². The molecule has 0 N–H and O–H groups in total. The van der Waals surface area contributed by atoms with Crippen LogP contribution in [0, 0.1) is 0 Å². The van der Waals surface area contributed by atoms with E-state index in [-0.39, 0.29) is 0 Å². The van der Waals surface area contributed by atoms with Crippen molar-refractivity contribution in [3.8, 4) is 22.6 Å². The van der Waals surface area contributed by atoms with Crippen LogP contribution < -0.4 is 4.74 Å². The number of hydrogen-bond acceptors (Lipinski definition) is 1. The zero-order chi connectivity index (χ0) is 17.2. The fourth-order valence-electron chi connectivity index (χ4n) is 2.37. The molecule has 4 rings (SSSR count). The third kappa shape index (κ3) is 5.36. The van der Waals surface area contributed by atoms with Crippen LogP contribution in [-0.4, -0.2) is 0 Å². The van der Waals surface area contributed by atoms with E-state index in [1.54, 1.807) is 0 Å². The zero-order valence-corrected chi connectivity index (χ0v) is 14.0. The first-order chi connectivity index (χ1) is 12.4. The molecular weight excluding hydrogens is 304 g/mol. The van der Waals surface area contributed by atoms with Gasteiger partial charge in [0.25, 0.3) is 0 Å². The second-order valence-electron chi connectivity index (χ2n) is 5.46.